The molecule has 0 aliphatic heterocycles. The molecule has 5 heteroatoms. The van der Waals surface area contributed by atoms with Gasteiger partial charge in [0, 0.05) is 12.2 Å². The van der Waals surface area contributed by atoms with E-state index in [0.717, 1.165) is 22.7 Å². The molecule has 0 spiro atoms. The van der Waals surface area contributed by atoms with Gasteiger partial charge in [-0.1, -0.05) is 12.1 Å². The Kier molecular flexibility index (Phi) is 7.07. The molecule has 0 saturated carbocycles. The monoisotopic (exact) mass is 358 g/mol. The van der Waals surface area contributed by atoms with Crippen LogP contribution in [0.25, 0.3) is 0 Å². The molecule has 2 N–H and O–H groups in total. The number of anilines is 1. The summed E-state index contributed by atoms with van der Waals surface area (Å²) in [6.07, 6.45) is 0.344. The molecule has 0 bridgehead atoms. The van der Waals surface area contributed by atoms with E-state index in [-0.39, 0.29) is 12.2 Å². The number of rotatable bonds is 7. The smallest absolute Gasteiger partial charge is 0.171 e. The van der Waals surface area contributed by atoms with E-state index < -0.39 is 0 Å². The molecular weight excluding hydrogens is 332 g/mol. The highest BCUT2D eigenvalue weighted by atomic mass is 32.1. The van der Waals surface area contributed by atoms with Crippen molar-refractivity contribution in [2.45, 2.75) is 46.4 Å². The van der Waals surface area contributed by atoms with E-state index in [0.29, 0.717) is 11.7 Å². The summed E-state index contributed by atoms with van der Waals surface area (Å²) in [4.78, 5) is 0. The van der Waals surface area contributed by atoms with Gasteiger partial charge in [-0.15, -0.1) is 0 Å². The average Bonchev–Trinajstić information content (AvgIpc) is 2.55. The van der Waals surface area contributed by atoms with E-state index in [2.05, 4.69) is 10.6 Å². The van der Waals surface area contributed by atoms with Gasteiger partial charge in [-0.3, -0.25) is 0 Å². The van der Waals surface area contributed by atoms with E-state index in [4.69, 9.17) is 21.7 Å². The maximum Gasteiger partial charge on any atom is 0.171 e. The summed E-state index contributed by atoms with van der Waals surface area (Å²) < 4.78 is 11.3. The van der Waals surface area contributed by atoms with Crippen LogP contribution in [0.15, 0.2) is 48.5 Å². The van der Waals surface area contributed by atoms with Crippen molar-refractivity contribution in [3.05, 3.63) is 54.1 Å². The fourth-order valence-corrected chi connectivity index (χ4v) is 2.39. The zero-order valence-corrected chi connectivity index (χ0v) is 16.0. The van der Waals surface area contributed by atoms with Gasteiger partial charge in [-0.2, -0.15) is 0 Å². The summed E-state index contributed by atoms with van der Waals surface area (Å²) in [6, 6.07) is 15.8. The number of benzene rings is 2. The lowest BCUT2D eigenvalue weighted by Gasteiger charge is -2.13. The number of hydrogen-bond donors (Lipinski definition) is 2. The molecule has 0 aliphatic rings. The molecule has 25 heavy (non-hydrogen) atoms. The Morgan fingerprint density at radius 1 is 0.840 bits per heavy atom. The Morgan fingerprint density at radius 2 is 1.32 bits per heavy atom. The lowest BCUT2D eigenvalue weighted by molar-refractivity contribution is 0.242. The molecule has 0 unspecified atom stereocenters. The van der Waals surface area contributed by atoms with Gasteiger partial charge in [0.15, 0.2) is 5.11 Å². The summed E-state index contributed by atoms with van der Waals surface area (Å²) in [5.74, 6) is 1.73. The fraction of sp³-hybridized carbons (Fsp3) is 0.350. The molecule has 2 aromatic rings. The van der Waals surface area contributed by atoms with E-state index in [9.17, 15) is 0 Å². The Labute approximate surface area is 155 Å². The molecule has 134 valence electrons. The lowest BCUT2D eigenvalue weighted by atomic mass is 10.2. The molecule has 0 radical (unpaired) electrons. The van der Waals surface area contributed by atoms with Crippen molar-refractivity contribution >= 4 is 23.0 Å². The van der Waals surface area contributed by atoms with Crippen molar-refractivity contribution in [1.29, 1.82) is 0 Å². The minimum Gasteiger partial charge on any atom is -0.491 e. The highest BCUT2D eigenvalue weighted by molar-refractivity contribution is 7.80. The topological polar surface area (TPSA) is 42.5 Å². The van der Waals surface area contributed by atoms with Gasteiger partial charge in [0.25, 0.3) is 0 Å². The third kappa shape index (κ3) is 7.01. The minimum absolute atomic E-state index is 0.166. The largest absolute Gasteiger partial charge is 0.491 e. The second kappa shape index (κ2) is 9.28. The quantitative estimate of drug-likeness (QED) is 0.699. The summed E-state index contributed by atoms with van der Waals surface area (Å²) in [7, 11) is 0. The number of ether oxygens (including phenoxy) is 2. The summed E-state index contributed by atoms with van der Waals surface area (Å²) in [6.45, 7) is 8.70. The van der Waals surface area contributed by atoms with Crippen LogP contribution in [0.5, 0.6) is 11.5 Å². The van der Waals surface area contributed by atoms with E-state index in [1.54, 1.807) is 0 Å². The van der Waals surface area contributed by atoms with Crippen LogP contribution in [0.4, 0.5) is 5.69 Å². The molecule has 0 heterocycles. The molecule has 0 saturated heterocycles. The Morgan fingerprint density at radius 3 is 1.80 bits per heavy atom. The van der Waals surface area contributed by atoms with Gasteiger partial charge in [0.05, 0.1) is 12.2 Å². The first-order valence-corrected chi connectivity index (χ1v) is 8.90. The number of thiocarbonyl (C=S) groups is 1. The first-order valence-electron chi connectivity index (χ1n) is 8.49. The summed E-state index contributed by atoms with van der Waals surface area (Å²) in [5.41, 5.74) is 2.07. The summed E-state index contributed by atoms with van der Waals surface area (Å²) in [5, 5.41) is 6.96. The molecular formula is C20H26N2O2S. The van der Waals surface area contributed by atoms with Crippen LogP contribution in [0.1, 0.15) is 33.3 Å². The maximum absolute atomic E-state index is 5.64. The van der Waals surface area contributed by atoms with E-state index >= 15 is 0 Å². The van der Waals surface area contributed by atoms with Gasteiger partial charge in [-0.05, 0) is 81.9 Å². The number of hydrogen-bond acceptors (Lipinski definition) is 3. The standard InChI is InChI=1S/C20H26N2O2S/c1-14(2)23-18-9-5-16(6-10-18)13-21-20(25)22-17-7-11-19(12-8-17)24-15(3)4/h5-12,14-15H,13H2,1-4H3,(H2,21,22,25). The normalized spacial score (nSPS) is 10.6. The molecule has 0 atom stereocenters. The summed E-state index contributed by atoms with van der Waals surface area (Å²) >= 11 is 5.34. The van der Waals surface area contributed by atoms with Crippen LogP contribution in [0.3, 0.4) is 0 Å². The van der Waals surface area contributed by atoms with Crippen molar-refractivity contribution in [3.8, 4) is 11.5 Å². The van der Waals surface area contributed by atoms with Crippen LogP contribution >= 0.6 is 12.2 Å². The number of nitrogens with one attached hydrogen (secondary N) is 2. The van der Waals surface area contributed by atoms with Crippen molar-refractivity contribution in [2.24, 2.45) is 0 Å². The second-order valence-corrected chi connectivity index (χ2v) is 6.72. The van der Waals surface area contributed by atoms with Gasteiger partial charge < -0.3 is 20.1 Å². The molecule has 2 rings (SSSR count). The van der Waals surface area contributed by atoms with E-state index in [1.807, 2.05) is 76.2 Å². The van der Waals surface area contributed by atoms with Crippen LogP contribution < -0.4 is 20.1 Å². The van der Waals surface area contributed by atoms with Gasteiger partial charge >= 0.3 is 0 Å². The first kappa shape index (κ1) is 19.1. The fourth-order valence-electron chi connectivity index (χ4n) is 2.20. The highest BCUT2D eigenvalue weighted by Crippen LogP contribution is 2.17. The van der Waals surface area contributed by atoms with Crippen LogP contribution in [0.2, 0.25) is 0 Å². The van der Waals surface area contributed by atoms with Crippen LogP contribution in [0, 0.1) is 0 Å². The van der Waals surface area contributed by atoms with Gasteiger partial charge in [0.1, 0.15) is 11.5 Å². The minimum atomic E-state index is 0.166. The Hall–Kier alpha value is -2.27. The predicted molar refractivity (Wildman–Crippen MR) is 107 cm³/mol. The average molecular weight is 359 g/mol. The van der Waals surface area contributed by atoms with Crippen molar-refractivity contribution < 1.29 is 9.47 Å². The van der Waals surface area contributed by atoms with E-state index in [1.165, 1.54) is 0 Å². The van der Waals surface area contributed by atoms with Gasteiger partial charge in [0.2, 0.25) is 0 Å². The van der Waals surface area contributed by atoms with Crippen molar-refractivity contribution in [2.75, 3.05) is 5.32 Å². The van der Waals surface area contributed by atoms with Gasteiger partial charge in [-0.25, -0.2) is 0 Å². The maximum atomic E-state index is 5.64. The lowest BCUT2D eigenvalue weighted by Crippen LogP contribution is -2.27. The second-order valence-electron chi connectivity index (χ2n) is 6.31. The highest BCUT2D eigenvalue weighted by Gasteiger charge is 2.02. The van der Waals surface area contributed by atoms with Crippen molar-refractivity contribution in [3.63, 3.8) is 0 Å². The molecule has 4 nitrogen and oxygen atoms in total. The molecule has 0 fully saturated rings. The Bertz CT molecular complexity index is 667. The molecule has 0 amide bonds. The Balaban J connectivity index is 1.80. The first-order chi connectivity index (χ1) is 11.9. The predicted octanol–water partition coefficient (Wildman–Crippen LogP) is 4.75. The third-order valence-electron chi connectivity index (χ3n) is 3.23. The zero-order valence-electron chi connectivity index (χ0n) is 15.2. The molecule has 0 aromatic heterocycles. The van der Waals surface area contributed by atoms with Crippen molar-refractivity contribution in [1.82, 2.24) is 5.32 Å². The SMILES string of the molecule is CC(C)Oc1ccc(CNC(=S)Nc2ccc(OC(C)C)cc2)cc1. The third-order valence-corrected chi connectivity index (χ3v) is 3.48. The van der Waals surface area contributed by atoms with Crippen LogP contribution in [-0.2, 0) is 6.54 Å². The molecule has 2 aromatic carbocycles. The molecule has 0 aliphatic carbocycles. The van der Waals surface area contributed by atoms with Crippen LogP contribution in [-0.4, -0.2) is 17.3 Å². The zero-order chi connectivity index (χ0) is 18.2.